The Hall–Kier alpha value is -1.45. The molecule has 3 rings (SSSR count). The van der Waals surface area contributed by atoms with Crippen LogP contribution in [0.4, 0.5) is 0 Å². The zero-order chi connectivity index (χ0) is 11.1. The lowest BCUT2D eigenvalue weighted by Gasteiger charge is -2.24. The van der Waals surface area contributed by atoms with Crippen molar-refractivity contribution in [3.63, 3.8) is 0 Å². The molecule has 1 heterocycles. The minimum absolute atomic E-state index is 0.406. The number of hydrogen-bond donors (Lipinski definition) is 1. The van der Waals surface area contributed by atoms with E-state index in [1.807, 2.05) is 6.20 Å². The van der Waals surface area contributed by atoms with E-state index in [0.717, 1.165) is 36.3 Å². The lowest BCUT2D eigenvalue weighted by Crippen LogP contribution is -2.16. The number of aromatic nitrogens is 2. The molecular weight excluding hydrogens is 204 g/mol. The first kappa shape index (κ1) is 9.75. The monoisotopic (exact) mass is 218 g/mol. The molecule has 2 aliphatic carbocycles. The van der Waals surface area contributed by atoms with Crippen LogP contribution >= 0.6 is 0 Å². The van der Waals surface area contributed by atoms with Gasteiger partial charge in [-0.1, -0.05) is 6.42 Å². The smallest absolute Gasteiger partial charge is 0.312 e. The lowest BCUT2D eigenvalue weighted by molar-refractivity contribution is -0.138. The Morgan fingerprint density at radius 3 is 2.81 bits per heavy atom. The van der Waals surface area contributed by atoms with Crippen molar-refractivity contribution in [2.24, 2.45) is 0 Å². The third-order valence-corrected chi connectivity index (χ3v) is 3.72. The lowest BCUT2D eigenvalue weighted by atomic mass is 9.84. The second kappa shape index (κ2) is 3.54. The Kier molecular flexibility index (Phi) is 2.16. The van der Waals surface area contributed by atoms with Gasteiger partial charge in [0.25, 0.3) is 0 Å². The van der Waals surface area contributed by atoms with Crippen molar-refractivity contribution in [3.05, 3.63) is 23.3 Å². The molecule has 1 aromatic rings. The van der Waals surface area contributed by atoms with Crippen LogP contribution in [0.5, 0.6) is 0 Å². The Labute approximate surface area is 93.7 Å². The van der Waals surface area contributed by atoms with Crippen molar-refractivity contribution >= 4 is 5.97 Å². The van der Waals surface area contributed by atoms with E-state index in [9.17, 15) is 4.79 Å². The molecule has 0 spiro atoms. The number of hydrogen-bond acceptors (Lipinski definition) is 3. The van der Waals surface area contributed by atoms with Gasteiger partial charge in [-0.15, -0.1) is 0 Å². The van der Waals surface area contributed by atoms with E-state index in [1.165, 1.54) is 6.42 Å². The number of aryl methyl sites for hydroxylation is 1. The van der Waals surface area contributed by atoms with Crippen LogP contribution < -0.4 is 0 Å². The highest BCUT2D eigenvalue weighted by Gasteiger charge is 2.32. The van der Waals surface area contributed by atoms with Gasteiger partial charge >= 0.3 is 5.97 Å². The van der Waals surface area contributed by atoms with Crippen LogP contribution in [-0.4, -0.2) is 21.0 Å². The normalized spacial score (nSPS) is 23.9. The number of carbonyl (C=O) groups is 1. The van der Waals surface area contributed by atoms with Crippen LogP contribution in [0.2, 0.25) is 0 Å². The maximum absolute atomic E-state index is 11.1. The molecule has 4 nitrogen and oxygen atoms in total. The number of nitrogens with zero attached hydrogens (tertiary/aromatic N) is 2. The molecule has 0 radical (unpaired) electrons. The maximum Gasteiger partial charge on any atom is 0.312 e. The van der Waals surface area contributed by atoms with E-state index in [1.54, 1.807) is 0 Å². The largest absolute Gasteiger partial charge is 0.481 e. The molecule has 1 aromatic heterocycles. The van der Waals surface area contributed by atoms with E-state index >= 15 is 0 Å². The van der Waals surface area contributed by atoms with E-state index in [2.05, 4.69) is 9.97 Å². The van der Waals surface area contributed by atoms with Crippen LogP contribution in [0.1, 0.15) is 54.6 Å². The fourth-order valence-corrected chi connectivity index (χ4v) is 2.47. The van der Waals surface area contributed by atoms with Crippen LogP contribution in [0, 0.1) is 0 Å². The van der Waals surface area contributed by atoms with E-state index < -0.39 is 11.9 Å². The molecule has 0 aliphatic heterocycles. The number of carboxylic acid groups (broad SMARTS) is 1. The highest BCUT2D eigenvalue weighted by molar-refractivity contribution is 5.76. The summed E-state index contributed by atoms with van der Waals surface area (Å²) in [6.45, 7) is 0. The molecule has 0 amide bonds. The summed E-state index contributed by atoms with van der Waals surface area (Å²) in [6.07, 6.45) is 6.85. The molecule has 1 unspecified atom stereocenters. The number of carboxylic acids is 1. The van der Waals surface area contributed by atoms with Gasteiger partial charge in [-0.25, -0.2) is 9.97 Å². The Morgan fingerprint density at radius 1 is 1.38 bits per heavy atom. The van der Waals surface area contributed by atoms with Crippen molar-refractivity contribution < 1.29 is 9.90 Å². The van der Waals surface area contributed by atoms with Gasteiger partial charge < -0.3 is 5.11 Å². The molecule has 1 atom stereocenters. The summed E-state index contributed by atoms with van der Waals surface area (Å²) in [6, 6.07) is 0. The molecule has 1 saturated carbocycles. The zero-order valence-electron chi connectivity index (χ0n) is 9.02. The van der Waals surface area contributed by atoms with Gasteiger partial charge in [-0.05, 0) is 31.2 Å². The van der Waals surface area contributed by atoms with Gasteiger partial charge in [0.15, 0.2) is 0 Å². The van der Waals surface area contributed by atoms with E-state index in [-0.39, 0.29) is 0 Å². The van der Waals surface area contributed by atoms with Crippen LogP contribution in [0.25, 0.3) is 0 Å². The van der Waals surface area contributed by atoms with Gasteiger partial charge in [0.1, 0.15) is 5.82 Å². The summed E-state index contributed by atoms with van der Waals surface area (Å²) in [4.78, 5) is 19.9. The van der Waals surface area contributed by atoms with Gasteiger partial charge in [0.2, 0.25) is 0 Å². The Balaban J connectivity index is 1.96. The van der Waals surface area contributed by atoms with E-state index in [4.69, 9.17) is 5.11 Å². The average molecular weight is 218 g/mol. The molecule has 1 fully saturated rings. The minimum atomic E-state index is -0.753. The first-order valence-corrected chi connectivity index (χ1v) is 5.84. The second-order valence-corrected chi connectivity index (χ2v) is 4.70. The SMILES string of the molecule is O=C(O)C1CCc2cnc(C3CCC3)nc21. The molecule has 2 aliphatic rings. The summed E-state index contributed by atoms with van der Waals surface area (Å²) < 4.78 is 0. The van der Waals surface area contributed by atoms with Gasteiger partial charge in [0.05, 0.1) is 11.6 Å². The topological polar surface area (TPSA) is 63.1 Å². The number of rotatable bonds is 2. The molecule has 84 valence electrons. The molecule has 1 N–H and O–H groups in total. The Morgan fingerprint density at radius 2 is 2.19 bits per heavy atom. The van der Waals surface area contributed by atoms with Crippen LogP contribution in [-0.2, 0) is 11.2 Å². The molecule has 0 bridgehead atoms. The van der Waals surface area contributed by atoms with Crippen LogP contribution in [0.3, 0.4) is 0 Å². The third kappa shape index (κ3) is 1.40. The highest BCUT2D eigenvalue weighted by atomic mass is 16.4. The van der Waals surface area contributed by atoms with Crippen molar-refractivity contribution in [1.82, 2.24) is 9.97 Å². The summed E-state index contributed by atoms with van der Waals surface area (Å²) >= 11 is 0. The fraction of sp³-hybridized carbons (Fsp3) is 0.583. The highest BCUT2D eigenvalue weighted by Crippen LogP contribution is 2.37. The van der Waals surface area contributed by atoms with E-state index in [0.29, 0.717) is 12.3 Å². The summed E-state index contributed by atoms with van der Waals surface area (Å²) in [5.74, 6) is 0.173. The van der Waals surface area contributed by atoms with Gasteiger partial charge in [-0.2, -0.15) is 0 Å². The third-order valence-electron chi connectivity index (χ3n) is 3.72. The predicted octanol–water partition coefficient (Wildman–Crippen LogP) is 1.86. The van der Waals surface area contributed by atoms with Crippen molar-refractivity contribution in [2.45, 2.75) is 43.9 Å². The molecule has 4 heteroatoms. The van der Waals surface area contributed by atoms with Crippen molar-refractivity contribution in [1.29, 1.82) is 0 Å². The second-order valence-electron chi connectivity index (χ2n) is 4.70. The number of fused-ring (bicyclic) bond motifs is 1. The summed E-state index contributed by atoms with van der Waals surface area (Å²) in [7, 11) is 0. The molecule has 0 saturated heterocycles. The molecule has 0 aromatic carbocycles. The van der Waals surface area contributed by atoms with Gasteiger partial charge in [-0.3, -0.25) is 4.79 Å². The minimum Gasteiger partial charge on any atom is -0.481 e. The Bertz CT molecular complexity index is 441. The zero-order valence-corrected chi connectivity index (χ0v) is 9.02. The average Bonchev–Trinajstić information content (AvgIpc) is 2.57. The van der Waals surface area contributed by atoms with Crippen LogP contribution in [0.15, 0.2) is 6.20 Å². The molecule has 16 heavy (non-hydrogen) atoms. The standard InChI is InChI=1S/C12H14N2O2/c15-12(16)9-5-4-8-6-13-11(14-10(8)9)7-2-1-3-7/h6-7,9H,1-5H2,(H,15,16). The first-order valence-electron chi connectivity index (χ1n) is 5.84. The first-order chi connectivity index (χ1) is 7.75. The van der Waals surface area contributed by atoms with Gasteiger partial charge in [0, 0.05) is 12.1 Å². The summed E-state index contributed by atoms with van der Waals surface area (Å²) in [5.41, 5.74) is 1.79. The fourth-order valence-electron chi connectivity index (χ4n) is 2.47. The summed E-state index contributed by atoms with van der Waals surface area (Å²) in [5, 5.41) is 9.10. The van der Waals surface area contributed by atoms with Crippen molar-refractivity contribution in [2.75, 3.05) is 0 Å². The predicted molar refractivity (Wildman–Crippen MR) is 57.3 cm³/mol. The number of aliphatic carboxylic acids is 1. The van der Waals surface area contributed by atoms with Crippen molar-refractivity contribution in [3.8, 4) is 0 Å². The maximum atomic E-state index is 11.1. The molecular formula is C12H14N2O2. The quantitative estimate of drug-likeness (QED) is 0.822.